The maximum absolute atomic E-state index is 13.3. The van der Waals surface area contributed by atoms with Crippen molar-refractivity contribution in [2.75, 3.05) is 18.8 Å². The molecule has 8 nitrogen and oxygen atoms in total. The van der Waals surface area contributed by atoms with E-state index in [0.29, 0.717) is 25.3 Å². The quantitative estimate of drug-likeness (QED) is 0.592. The van der Waals surface area contributed by atoms with Crippen LogP contribution < -0.4 is 11.1 Å². The number of carbonyl (C=O) groups excluding carboxylic acids is 1. The van der Waals surface area contributed by atoms with Crippen LogP contribution in [-0.2, 0) is 23.7 Å². The first-order chi connectivity index (χ1) is 16.7. The lowest BCUT2D eigenvalue weighted by atomic mass is 9.73. The molecule has 0 bridgehead atoms. The number of likely N-dealkylation sites (tertiary alicyclic amines) is 1. The standard InChI is InChI=1S/C24H24F3N7O/c25-24(26,27)16-10-15(12-30-20(16)28)17-11-19-22(7-9-34(19)32-17)13-33(14-22)21(35)31-23(5-3-6-23)18-4-1-2-8-29-18/h1-2,4,8,10-12H,3,5-7,9,13-14H2,(H2,28,30)(H,31,35). The van der Waals surface area contributed by atoms with E-state index in [-0.39, 0.29) is 17.0 Å². The van der Waals surface area contributed by atoms with Gasteiger partial charge in [0.2, 0.25) is 0 Å². The molecule has 3 aliphatic rings. The van der Waals surface area contributed by atoms with Gasteiger partial charge in [-0.2, -0.15) is 18.3 Å². The molecule has 1 aliphatic carbocycles. The van der Waals surface area contributed by atoms with Gasteiger partial charge < -0.3 is 16.0 Å². The summed E-state index contributed by atoms with van der Waals surface area (Å²) in [6.45, 7) is 1.73. The third-order valence-corrected chi connectivity index (χ3v) is 7.63. The van der Waals surface area contributed by atoms with E-state index >= 15 is 0 Å². The van der Waals surface area contributed by atoms with Crippen LogP contribution in [0.25, 0.3) is 11.3 Å². The molecule has 2 aliphatic heterocycles. The summed E-state index contributed by atoms with van der Waals surface area (Å²) in [6.07, 6.45) is 2.06. The van der Waals surface area contributed by atoms with Crippen molar-refractivity contribution in [3.63, 3.8) is 0 Å². The van der Waals surface area contributed by atoms with Gasteiger partial charge in [0.15, 0.2) is 0 Å². The lowest BCUT2D eigenvalue weighted by Gasteiger charge is -2.50. The number of fused-ring (bicyclic) bond motifs is 2. The number of nitrogens with zero attached hydrogens (tertiary/aromatic N) is 5. The number of hydrogen-bond donors (Lipinski definition) is 2. The summed E-state index contributed by atoms with van der Waals surface area (Å²) in [5, 5.41) is 7.73. The zero-order chi connectivity index (χ0) is 24.4. The molecule has 2 fully saturated rings. The Morgan fingerprint density at radius 3 is 2.57 bits per heavy atom. The van der Waals surface area contributed by atoms with Crippen LogP contribution in [-0.4, -0.2) is 43.8 Å². The number of pyridine rings is 2. The molecule has 11 heteroatoms. The van der Waals surface area contributed by atoms with Gasteiger partial charge in [0.05, 0.1) is 22.5 Å². The van der Waals surface area contributed by atoms with Crippen LogP contribution in [0.4, 0.5) is 23.8 Å². The van der Waals surface area contributed by atoms with E-state index in [9.17, 15) is 18.0 Å². The highest BCUT2D eigenvalue weighted by Crippen LogP contribution is 2.45. The highest BCUT2D eigenvalue weighted by atomic mass is 19.4. The molecule has 0 unspecified atom stereocenters. The van der Waals surface area contributed by atoms with Crippen molar-refractivity contribution in [2.24, 2.45) is 0 Å². The zero-order valence-corrected chi connectivity index (χ0v) is 18.8. The highest BCUT2D eigenvalue weighted by Gasteiger charge is 2.53. The third-order valence-electron chi connectivity index (χ3n) is 7.63. The number of nitrogen functional groups attached to an aromatic ring is 1. The van der Waals surface area contributed by atoms with E-state index < -0.39 is 23.1 Å². The summed E-state index contributed by atoms with van der Waals surface area (Å²) >= 11 is 0. The number of amides is 2. The van der Waals surface area contributed by atoms with Crippen molar-refractivity contribution >= 4 is 11.8 Å². The number of aryl methyl sites for hydroxylation is 1. The van der Waals surface area contributed by atoms with Gasteiger partial charge in [-0.3, -0.25) is 9.67 Å². The number of halogens is 3. The topological polar surface area (TPSA) is 102 Å². The Morgan fingerprint density at radius 2 is 1.91 bits per heavy atom. The van der Waals surface area contributed by atoms with Crippen LogP contribution in [0.1, 0.15) is 42.6 Å². The number of urea groups is 1. The van der Waals surface area contributed by atoms with Crippen molar-refractivity contribution < 1.29 is 18.0 Å². The lowest BCUT2D eigenvalue weighted by Crippen LogP contribution is -2.65. The van der Waals surface area contributed by atoms with Crippen molar-refractivity contribution in [3.05, 3.63) is 59.7 Å². The van der Waals surface area contributed by atoms with Crippen molar-refractivity contribution in [1.82, 2.24) is 30.0 Å². The molecule has 6 rings (SSSR count). The fourth-order valence-corrected chi connectivity index (χ4v) is 5.50. The fourth-order valence-electron chi connectivity index (χ4n) is 5.50. The molecule has 1 spiro atoms. The van der Waals surface area contributed by atoms with Gasteiger partial charge in [-0.1, -0.05) is 6.07 Å². The van der Waals surface area contributed by atoms with Gasteiger partial charge in [0, 0.05) is 48.7 Å². The van der Waals surface area contributed by atoms with E-state index in [1.165, 1.54) is 6.20 Å². The van der Waals surface area contributed by atoms with Gasteiger partial charge >= 0.3 is 12.2 Å². The summed E-state index contributed by atoms with van der Waals surface area (Å²) in [5.41, 5.74) is 6.31. The van der Waals surface area contributed by atoms with Crippen molar-refractivity contribution in [3.8, 4) is 11.3 Å². The summed E-state index contributed by atoms with van der Waals surface area (Å²) < 4.78 is 41.7. The minimum atomic E-state index is -4.59. The number of carbonyl (C=O) groups is 1. The van der Waals surface area contributed by atoms with E-state index in [2.05, 4.69) is 20.4 Å². The number of aromatic nitrogens is 4. The smallest absolute Gasteiger partial charge is 0.383 e. The highest BCUT2D eigenvalue weighted by molar-refractivity contribution is 5.77. The second-order valence-corrected chi connectivity index (χ2v) is 9.76. The van der Waals surface area contributed by atoms with Crippen molar-refractivity contribution in [1.29, 1.82) is 0 Å². The van der Waals surface area contributed by atoms with Crippen LogP contribution in [0.2, 0.25) is 0 Å². The summed E-state index contributed by atoms with van der Waals surface area (Å²) in [4.78, 5) is 23.1. The van der Waals surface area contributed by atoms with E-state index in [0.717, 1.165) is 43.1 Å². The lowest BCUT2D eigenvalue weighted by molar-refractivity contribution is -0.137. The average molecular weight is 483 g/mol. The van der Waals surface area contributed by atoms with Crippen LogP contribution in [0.5, 0.6) is 0 Å². The first kappa shape index (κ1) is 21.9. The Bertz CT molecular complexity index is 1290. The van der Waals surface area contributed by atoms with E-state index in [1.54, 1.807) is 11.1 Å². The van der Waals surface area contributed by atoms with E-state index in [1.807, 2.05) is 28.9 Å². The van der Waals surface area contributed by atoms with Crippen LogP contribution in [0, 0.1) is 0 Å². The molecular formula is C24H24F3N7O. The number of nitrogens with one attached hydrogen (secondary N) is 1. The Labute approximate surface area is 199 Å². The maximum atomic E-state index is 13.3. The van der Waals surface area contributed by atoms with Crippen LogP contribution in [0.3, 0.4) is 0 Å². The molecule has 1 saturated carbocycles. The second-order valence-electron chi connectivity index (χ2n) is 9.76. The molecule has 3 aromatic rings. The van der Waals surface area contributed by atoms with Crippen LogP contribution in [0.15, 0.2) is 42.7 Å². The Hall–Kier alpha value is -3.63. The van der Waals surface area contributed by atoms with Gasteiger partial charge in [0.25, 0.3) is 0 Å². The first-order valence-corrected chi connectivity index (χ1v) is 11.6. The molecule has 1 saturated heterocycles. The second kappa shape index (κ2) is 7.43. The molecule has 3 aromatic heterocycles. The summed E-state index contributed by atoms with van der Waals surface area (Å²) in [6, 6.07) is 8.43. The third kappa shape index (κ3) is 3.43. The van der Waals surface area contributed by atoms with Crippen LogP contribution >= 0.6 is 0 Å². The summed E-state index contributed by atoms with van der Waals surface area (Å²) in [7, 11) is 0. The Balaban J connectivity index is 1.19. The number of alkyl halides is 3. The summed E-state index contributed by atoms with van der Waals surface area (Å²) in [5.74, 6) is -0.556. The minimum absolute atomic E-state index is 0.114. The maximum Gasteiger partial charge on any atom is 0.419 e. The molecule has 35 heavy (non-hydrogen) atoms. The zero-order valence-electron chi connectivity index (χ0n) is 18.8. The monoisotopic (exact) mass is 483 g/mol. The predicted octanol–water partition coefficient (Wildman–Crippen LogP) is 3.69. The molecule has 2 amide bonds. The average Bonchev–Trinajstić information content (AvgIpc) is 3.35. The molecule has 5 heterocycles. The number of nitrogens with two attached hydrogens (primary N) is 1. The number of rotatable bonds is 3. The predicted molar refractivity (Wildman–Crippen MR) is 121 cm³/mol. The van der Waals surface area contributed by atoms with Gasteiger partial charge in [-0.25, -0.2) is 9.78 Å². The Morgan fingerprint density at radius 1 is 1.11 bits per heavy atom. The molecule has 182 valence electrons. The van der Waals surface area contributed by atoms with E-state index in [4.69, 9.17) is 5.73 Å². The van der Waals surface area contributed by atoms with Crippen molar-refractivity contribution in [2.45, 2.75) is 49.4 Å². The first-order valence-electron chi connectivity index (χ1n) is 11.6. The Kier molecular flexibility index (Phi) is 4.64. The molecule has 0 atom stereocenters. The SMILES string of the molecule is Nc1ncc(-c2cc3n(n2)CCC32CN(C(=O)NC3(c4ccccn4)CCC3)C2)cc1C(F)(F)F. The van der Waals surface area contributed by atoms with Gasteiger partial charge in [-0.15, -0.1) is 0 Å². The van der Waals surface area contributed by atoms with Gasteiger partial charge in [0.1, 0.15) is 5.82 Å². The molecule has 3 N–H and O–H groups in total. The fraction of sp³-hybridized carbons (Fsp3) is 0.417. The largest absolute Gasteiger partial charge is 0.419 e. The molecule has 0 aromatic carbocycles. The number of anilines is 1. The minimum Gasteiger partial charge on any atom is -0.383 e. The molecule has 0 radical (unpaired) electrons. The normalized spacial score (nSPS) is 19.7. The molecular weight excluding hydrogens is 459 g/mol. The van der Waals surface area contributed by atoms with Gasteiger partial charge in [-0.05, 0) is 49.9 Å². The number of hydrogen-bond acceptors (Lipinski definition) is 5.